The number of anilines is 1. The molecule has 0 aliphatic carbocycles. The summed E-state index contributed by atoms with van der Waals surface area (Å²) in [6.07, 6.45) is 6.33. The van der Waals surface area contributed by atoms with Crippen LogP contribution in [0.2, 0.25) is 0 Å². The summed E-state index contributed by atoms with van der Waals surface area (Å²) in [6, 6.07) is 4.00. The molecule has 20 heavy (non-hydrogen) atoms. The van der Waals surface area contributed by atoms with Gasteiger partial charge in [0.2, 0.25) is 0 Å². The molecule has 5 heteroatoms. The number of nitrogens with one attached hydrogen (secondary N) is 1. The summed E-state index contributed by atoms with van der Waals surface area (Å²) < 4.78 is 0. The van der Waals surface area contributed by atoms with E-state index in [4.69, 9.17) is 5.73 Å². The van der Waals surface area contributed by atoms with Crippen LogP contribution in [0.25, 0.3) is 0 Å². The normalized spacial score (nSPS) is 18.1. The van der Waals surface area contributed by atoms with Gasteiger partial charge in [0.1, 0.15) is 5.82 Å². The van der Waals surface area contributed by atoms with Crippen LogP contribution in [0.1, 0.15) is 43.0 Å². The molecule has 3 N–H and O–H groups in total. The summed E-state index contributed by atoms with van der Waals surface area (Å²) in [7, 11) is 0. The van der Waals surface area contributed by atoms with Gasteiger partial charge in [-0.3, -0.25) is 4.79 Å². The summed E-state index contributed by atoms with van der Waals surface area (Å²) in [6.45, 7) is 5.04. The van der Waals surface area contributed by atoms with E-state index in [0.29, 0.717) is 11.6 Å². The van der Waals surface area contributed by atoms with Gasteiger partial charge >= 0.3 is 0 Å². The maximum atomic E-state index is 11.6. The van der Waals surface area contributed by atoms with Gasteiger partial charge in [0.25, 0.3) is 5.91 Å². The Balaban J connectivity index is 2.18. The Bertz CT molecular complexity index is 443. The van der Waals surface area contributed by atoms with Crippen LogP contribution >= 0.6 is 0 Å². The minimum atomic E-state index is -0.408. The number of nitrogens with two attached hydrogens (primary N) is 1. The monoisotopic (exact) mass is 276 g/mol. The van der Waals surface area contributed by atoms with E-state index in [-0.39, 0.29) is 0 Å². The zero-order valence-electron chi connectivity index (χ0n) is 12.1. The molecular formula is C15H24N4O. The van der Waals surface area contributed by atoms with Gasteiger partial charge in [-0.05, 0) is 37.9 Å². The highest BCUT2D eigenvalue weighted by atomic mass is 16.1. The molecule has 1 atom stereocenters. The van der Waals surface area contributed by atoms with E-state index in [1.807, 2.05) is 0 Å². The van der Waals surface area contributed by atoms with Crippen molar-refractivity contribution >= 4 is 11.7 Å². The van der Waals surface area contributed by atoms with E-state index in [1.165, 1.54) is 12.8 Å². The molecule has 0 spiro atoms. The molecule has 1 saturated heterocycles. The number of amides is 1. The van der Waals surface area contributed by atoms with Gasteiger partial charge in [-0.25, -0.2) is 4.98 Å². The smallest absolute Gasteiger partial charge is 0.252 e. The van der Waals surface area contributed by atoms with Crippen molar-refractivity contribution in [3.05, 3.63) is 23.9 Å². The molecule has 2 rings (SSSR count). The van der Waals surface area contributed by atoms with Crippen molar-refractivity contribution in [2.24, 2.45) is 5.73 Å². The number of rotatable bonds is 7. The molecule has 0 bridgehead atoms. The Morgan fingerprint density at radius 1 is 1.60 bits per heavy atom. The minimum Gasteiger partial charge on any atom is -0.365 e. The van der Waals surface area contributed by atoms with Crippen molar-refractivity contribution < 1.29 is 4.79 Å². The Morgan fingerprint density at radius 3 is 3.10 bits per heavy atom. The van der Waals surface area contributed by atoms with Gasteiger partial charge in [-0.1, -0.05) is 13.3 Å². The third kappa shape index (κ3) is 3.70. The first-order valence-electron chi connectivity index (χ1n) is 7.45. The minimum absolute atomic E-state index is 0.408. The molecule has 5 nitrogen and oxygen atoms in total. The summed E-state index contributed by atoms with van der Waals surface area (Å²) in [4.78, 5) is 18.2. The van der Waals surface area contributed by atoms with Crippen molar-refractivity contribution in [1.29, 1.82) is 0 Å². The zero-order valence-corrected chi connectivity index (χ0v) is 12.1. The summed E-state index contributed by atoms with van der Waals surface area (Å²) >= 11 is 0. The van der Waals surface area contributed by atoms with Crippen LogP contribution in [0.5, 0.6) is 0 Å². The molecule has 1 unspecified atom stereocenters. The number of hydrogen-bond donors (Lipinski definition) is 2. The third-order valence-electron chi connectivity index (χ3n) is 3.74. The van der Waals surface area contributed by atoms with Crippen LogP contribution in [-0.4, -0.2) is 36.6 Å². The van der Waals surface area contributed by atoms with Gasteiger partial charge in [-0.2, -0.15) is 0 Å². The highest BCUT2D eigenvalue weighted by Gasteiger charge is 2.21. The second-order valence-corrected chi connectivity index (χ2v) is 5.33. The number of nitrogens with zero attached hydrogens (tertiary/aromatic N) is 2. The second-order valence-electron chi connectivity index (χ2n) is 5.33. The Hall–Kier alpha value is -1.62. The number of carbonyl (C=O) groups excluding carboxylic acids is 1. The first kappa shape index (κ1) is 14.8. The molecule has 1 aromatic heterocycles. The fourth-order valence-corrected chi connectivity index (χ4v) is 2.65. The van der Waals surface area contributed by atoms with Crippen LogP contribution in [0.15, 0.2) is 18.3 Å². The molecular weight excluding hydrogens is 252 g/mol. The van der Waals surface area contributed by atoms with E-state index < -0.39 is 5.91 Å². The first-order chi connectivity index (χ1) is 9.72. The maximum absolute atomic E-state index is 11.6. The SMILES string of the molecule is CCCCN(CC1CCCN1)c1ncccc1C(N)=O. The fraction of sp³-hybridized carbons (Fsp3) is 0.600. The molecule has 1 aliphatic heterocycles. The lowest BCUT2D eigenvalue weighted by molar-refractivity contribution is 0.100. The number of pyridine rings is 1. The number of primary amides is 1. The van der Waals surface area contributed by atoms with E-state index in [0.717, 1.165) is 38.3 Å². The predicted molar refractivity (Wildman–Crippen MR) is 80.9 cm³/mol. The lowest BCUT2D eigenvalue weighted by Gasteiger charge is -2.28. The Labute approximate surface area is 120 Å². The van der Waals surface area contributed by atoms with Gasteiger partial charge in [-0.15, -0.1) is 0 Å². The molecule has 0 radical (unpaired) electrons. The number of unbranched alkanes of at least 4 members (excludes halogenated alkanes) is 1. The Morgan fingerprint density at radius 2 is 2.45 bits per heavy atom. The maximum Gasteiger partial charge on any atom is 0.252 e. The van der Waals surface area contributed by atoms with E-state index >= 15 is 0 Å². The first-order valence-corrected chi connectivity index (χ1v) is 7.45. The summed E-state index contributed by atoms with van der Waals surface area (Å²) in [5.74, 6) is 0.316. The Kier molecular flexibility index (Phi) is 5.35. The summed E-state index contributed by atoms with van der Waals surface area (Å²) in [5, 5.41) is 3.50. The van der Waals surface area contributed by atoms with Gasteiger partial charge < -0.3 is 16.0 Å². The van der Waals surface area contributed by atoms with E-state index in [2.05, 4.69) is 22.1 Å². The highest BCUT2D eigenvalue weighted by molar-refractivity contribution is 5.97. The molecule has 2 heterocycles. The second kappa shape index (κ2) is 7.24. The highest BCUT2D eigenvalue weighted by Crippen LogP contribution is 2.19. The fourth-order valence-electron chi connectivity index (χ4n) is 2.65. The molecule has 1 fully saturated rings. The van der Waals surface area contributed by atoms with Crippen LogP contribution < -0.4 is 16.0 Å². The molecule has 0 aromatic carbocycles. The van der Waals surface area contributed by atoms with Crippen molar-refractivity contribution in [3.63, 3.8) is 0 Å². The lowest BCUT2D eigenvalue weighted by atomic mass is 10.1. The van der Waals surface area contributed by atoms with E-state index in [1.54, 1.807) is 18.3 Å². The van der Waals surface area contributed by atoms with Crippen molar-refractivity contribution in [1.82, 2.24) is 10.3 Å². The van der Waals surface area contributed by atoms with Gasteiger partial charge in [0.05, 0.1) is 5.56 Å². The zero-order chi connectivity index (χ0) is 14.4. The average Bonchev–Trinajstić information content (AvgIpc) is 2.96. The number of carbonyl (C=O) groups is 1. The van der Waals surface area contributed by atoms with Crippen molar-refractivity contribution in [3.8, 4) is 0 Å². The van der Waals surface area contributed by atoms with E-state index in [9.17, 15) is 4.79 Å². The van der Waals surface area contributed by atoms with Crippen LogP contribution in [0.3, 0.4) is 0 Å². The molecule has 110 valence electrons. The molecule has 1 aliphatic rings. The molecule has 0 saturated carbocycles. The third-order valence-corrected chi connectivity index (χ3v) is 3.74. The van der Waals surface area contributed by atoms with Gasteiger partial charge in [0.15, 0.2) is 0 Å². The van der Waals surface area contributed by atoms with Gasteiger partial charge in [0, 0.05) is 25.3 Å². The predicted octanol–water partition coefficient (Wildman–Crippen LogP) is 1.54. The quantitative estimate of drug-likeness (QED) is 0.792. The summed E-state index contributed by atoms with van der Waals surface area (Å²) in [5.41, 5.74) is 5.98. The molecule has 1 amide bonds. The largest absolute Gasteiger partial charge is 0.365 e. The lowest BCUT2D eigenvalue weighted by Crippen LogP contribution is -2.39. The number of hydrogen-bond acceptors (Lipinski definition) is 4. The van der Waals surface area contributed by atoms with Crippen LogP contribution in [-0.2, 0) is 0 Å². The van der Waals surface area contributed by atoms with Crippen molar-refractivity contribution in [2.45, 2.75) is 38.6 Å². The number of aromatic nitrogens is 1. The van der Waals surface area contributed by atoms with Crippen LogP contribution in [0.4, 0.5) is 5.82 Å². The topological polar surface area (TPSA) is 71.2 Å². The van der Waals surface area contributed by atoms with Crippen molar-refractivity contribution in [2.75, 3.05) is 24.5 Å². The standard InChI is InChI=1S/C15H24N4O/c1-2-3-10-19(11-12-6-4-8-17-12)15-13(14(16)20)7-5-9-18-15/h5,7,9,12,17H,2-4,6,8,10-11H2,1H3,(H2,16,20). The van der Waals surface area contributed by atoms with Crippen LogP contribution in [0, 0.1) is 0 Å². The average molecular weight is 276 g/mol. The molecule has 1 aromatic rings.